The van der Waals surface area contributed by atoms with Crippen LogP contribution in [0.25, 0.3) is 17.4 Å². The molecule has 6 nitrogen and oxygen atoms in total. The molecule has 0 unspecified atom stereocenters. The predicted molar refractivity (Wildman–Crippen MR) is 68.8 cm³/mol. The molecule has 90 valence electrons. The van der Waals surface area contributed by atoms with Crippen molar-refractivity contribution in [3.63, 3.8) is 0 Å². The summed E-state index contributed by atoms with van der Waals surface area (Å²) in [5.74, 6) is 0.762. The van der Waals surface area contributed by atoms with Crippen molar-refractivity contribution >= 4 is 23.2 Å². The topological polar surface area (TPSA) is 58.9 Å². The summed E-state index contributed by atoms with van der Waals surface area (Å²) in [6.07, 6.45) is 4.89. The minimum Gasteiger partial charge on any atom is -0.367 e. The Bertz CT molecular complexity index is 516. The third-order valence-electron chi connectivity index (χ3n) is 2.41. The van der Waals surface area contributed by atoms with Gasteiger partial charge in [0, 0.05) is 19.3 Å². The summed E-state index contributed by atoms with van der Waals surface area (Å²) in [7, 11) is 4.06. The lowest BCUT2D eigenvalue weighted by Crippen LogP contribution is -2.21. The van der Waals surface area contributed by atoms with Gasteiger partial charge in [-0.2, -0.15) is 0 Å². The Morgan fingerprint density at radius 3 is 2.94 bits per heavy atom. The molecule has 0 atom stereocenters. The van der Waals surface area contributed by atoms with E-state index in [-0.39, 0.29) is 0 Å². The van der Waals surface area contributed by atoms with Crippen molar-refractivity contribution in [2.75, 3.05) is 32.5 Å². The van der Waals surface area contributed by atoms with E-state index in [9.17, 15) is 0 Å². The number of hydrogen-bond donors (Lipinski definition) is 1. The Hall–Kier alpha value is -1.95. The molecule has 2 aromatic rings. The SMILES string of the molecule is C=Cn1cnc2c(NCCN(C)C)ncnc21. The van der Waals surface area contributed by atoms with Crippen molar-refractivity contribution in [1.82, 2.24) is 24.4 Å². The number of rotatable bonds is 5. The van der Waals surface area contributed by atoms with Crippen LogP contribution in [0.2, 0.25) is 0 Å². The van der Waals surface area contributed by atoms with E-state index < -0.39 is 0 Å². The standard InChI is InChI=1S/C11H16N6/c1-4-17-8-15-9-10(12-5-6-16(2)3)13-7-14-11(9)17/h4,7-8H,1,5-6H2,2-3H3,(H,12,13,14). The van der Waals surface area contributed by atoms with Gasteiger partial charge in [-0.15, -0.1) is 0 Å². The molecule has 0 aliphatic carbocycles. The molecule has 0 aliphatic heterocycles. The lowest BCUT2D eigenvalue weighted by atomic mass is 10.4. The molecule has 2 rings (SSSR count). The van der Waals surface area contributed by atoms with Gasteiger partial charge in [-0.25, -0.2) is 15.0 Å². The highest BCUT2D eigenvalue weighted by Crippen LogP contribution is 2.16. The summed E-state index contributed by atoms with van der Waals surface area (Å²) in [5, 5.41) is 3.25. The Morgan fingerprint density at radius 1 is 1.41 bits per heavy atom. The maximum atomic E-state index is 4.28. The number of nitrogens with one attached hydrogen (secondary N) is 1. The number of aromatic nitrogens is 4. The van der Waals surface area contributed by atoms with Gasteiger partial charge in [0.1, 0.15) is 12.7 Å². The molecule has 0 saturated carbocycles. The average molecular weight is 232 g/mol. The lowest BCUT2D eigenvalue weighted by Gasteiger charge is -2.10. The summed E-state index contributed by atoms with van der Waals surface area (Å²) in [6, 6.07) is 0. The van der Waals surface area contributed by atoms with Crippen LogP contribution in [-0.2, 0) is 0 Å². The first kappa shape index (κ1) is 11.5. The van der Waals surface area contributed by atoms with Crippen molar-refractivity contribution in [1.29, 1.82) is 0 Å². The molecular weight excluding hydrogens is 216 g/mol. The first-order valence-electron chi connectivity index (χ1n) is 5.41. The van der Waals surface area contributed by atoms with Gasteiger partial charge in [-0.05, 0) is 14.1 Å². The second-order valence-corrected chi connectivity index (χ2v) is 3.96. The Balaban J connectivity index is 2.22. The maximum Gasteiger partial charge on any atom is 0.169 e. The minimum absolute atomic E-state index is 0.762. The summed E-state index contributed by atoms with van der Waals surface area (Å²) >= 11 is 0. The van der Waals surface area contributed by atoms with Gasteiger partial charge in [0.05, 0.1) is 0 Å². The Labute approximate surface area is 100 Å². The van der Waals surface area contributed by atoms with E-state index in [1.807, 2.05) is 14.1 Å². The summed E-state index contributed by atoms with van der Waals surface area (Å²) < 4.78 is 1.77. The predicted octanol–water partition coefficient (Wildman–Crippen LogP) is 0.900. The highest BCUT2D eigenvalue weighted by atomic mass is 15.1. The van der Waals surface area contributed by atoms with Crippen LogP contribution in [-0.4, -0.2) is 51.6 Å². The van der Waals surface area contributed by atoms with Gasteiger partial charge < -0.3 is 10.2 Å². The zero-order chi connectivity index (χ0) is 12.3. The van der Waals surface area contributed by atoms with Crippen molar-refractivity contribution in [3.8, 4) is 0 Å². The molecule has 0 saturated heterocycles. The molecule has 0 bridgehead atoms. The maximum absolute atomic E-state index is 4.28. The highest BCUT2D eigenvalue weighted by molar-refractivity contribution is 5.83. The van der Waals surface area contributed by atoms with Gasteiger partial charge in [0.25, 0.3) is 0 Å². The molecule has 2 heterocycles. The van der Waals surface area contributed by atoms with Gasteiger partial charge >= 0.3 is 0 Å². The fourth-order valence-corrected chi connectivity index (χ4v) is 1.51. The Kier molecular flexibility index (Phi) is 3.34. The number of hydrogen-bond acceptors (Lipinski definition) is 5. The second kappa shape index (κ2) is 4.92. The molecule has 6 heteroatoms. The van der Waals surface area contributed by atoms with Crippen LogP contribution >= 0.6 is 0 Å². The highest BCUT2D eigenvalue weighted by Gasteiger charge is 2.07. The first-order chi connectivity index (χ1) is 8.22. The van der Waals surface area contributed by atoms with E-state index in [1.165, 1.54) is 6.33 Å². The second-order valence-electron chi connectivity index (χ2n) is 3.96. The van der Waals surface area contributed by atoms with Crippen LogP contribution in [0.1, 0.15) is 0 Å². The molecule has 0 fully saturated rings. The quantitative estimate of drug-likeness (QED) is 0.830. The van der Waals surface area contributed by atoms with E-state index in [0.717, 1.165) is 30.1 Å². The van der Waals surface area contributed by atoms with Crippen LogP contribution in [0.4, 0.5) is 5.82 Å². The van der Waals surface area contributed by atoms with Crippen molar-refractivity contribution < 1.29 is 0 Å². The van der Waals surface area contributed by atoms with Crippen LogP contribution in [0.15, 0.2) is 19.2 Å². The number of likely N-dealkylation sites (N-methyl/N-ethyl adjacent to an activating group) is 1. The number of nitrogens with zero attached hydrogens (tertiary/aromatic N) is 5. The van der Waals surface area contributed by atoms with E-state index in [0.29, 0.717) is 0 Å². The summed E-state index contributed by atoms with van der Waals surface area (Å²) in [5.41, 5.74) is 1.54. The molecule has 0 spiro atoms. The molecular formula is C11H16N6. The molecule has 0 aliphatic rings. The third-order valence-corrected chi connectivity index (χ3v) is 2.41. The lowest BCUT2D eigenvalue weighted by molar-refractivity contribution is 0.425. The molecule has 2 aromatic heterocycles. The van der Waals surface area contributed by atoms with Gasteiger partial charge in [0.15, 0.2) is 17.0 Å². The van der Waals surface area contributed by atoms with E-state index in [4.69, 9.17) is 0 Å². The molecule has 0 radical (unpaired) electrons. The van der Waals surface area contributed by atoms with E-state index in [1.54, 1.807) is 17.1 Å². The van der Waals surface area contributed by atoms with E-state index in [2.05, 4.69) is 31.7 Å². The van der Waals surface area contributed by atoms with E-state index >= 15 is 0 Å². The average Bonchev–Trinajstić information content (AvgIpc) is 2.72. The molecule has 0 aromatic carbocycles. The summed E-state index contributed by atoms with van der Waals surface area (Å²) in [6.45, 7) is 5.46. The monoisotopic (exact) mass is 232 g/mol. The minimum atomic E-state index is 0.762. The fourth-order valence-electron chi connectivity index (χ4n) is 1.51. The van der Waals surface area contributed by atoms with Crippen LogP contribution in [0, 0.1) is 0 Å². The zero-order valence-corrected chi connectivity index (χ0v) is 10.1. The first-order valence-corrected chi connectivity index (χ1v) is 5.41. The zero-order valence-electron chi connectivity index (χ0n) is 10.1. The number of anilines is 1. The normalized spacial score (nSPS) is 11.0. The molecule has 1 N–H and O–H groups in total. The van der Waals surface area contributed by atoms with Crippen LogP contribution in [0.5, 0.6) is 0 Å². The number of fused-ring (bicyclic) bond motifs is 1. The summed E-state index contributed by atoms with van der Waals surface area (Å²) in [4.78, 5) is 14.8. The largest absolute Gasteiger partial charge is 0.367 e. The molecule has 17 heavy (non-hydrogen) atoms. The third kappa shape index (κ3) is 2.42. The smallest absolute Gasteiger partial charge is 0.169 e. The van der Waals surface area contributed by atoms with Crippen LogP contribution < -0.4 is 5.32 Å². The van der Waals surface area contributed by atoms with Gasteiger partial charge in [-0.1, -0.05) is 6.58 Å². The van der Waals surface area contributed by atoms with Crippen LogP contribution in [0.3, 0.4) is 0 Å². The van der Waals surface area contributed by atoms with Crippen molar-refractivity contribution in [3.05, 3.63) is 19.2 Å². The van der Waals surface area contributed by atoms with Gasteiger partial charge in [0.2, 0.25) is 0 Å². The van der Waals surface area contributed by atoms with Crippen molar-refractivity contribution in [2.45, 2.75) is 0 Å². The molecule has 0 amide bonds. The number of imidazole rings is 1. The fraction of sp³-hybridized carbons (Fsp3) is 0.364. The van der Waals surface area contributed by atoms with Gasteiger partial charge in [-0.3, -0.25) is 4.57 Å². The van der Waals surface area contributed by atoms with Crippen molar-refractivity contribution in [2.24, 2.45) is 0 Å². The Morgan fingerprint density at radius 2 is 2.24 bits per heavy atom.